The number of aliphatic hydroxyl groups excluding tert-OH is 1. The minimum absolute atomic E-state index is 0.00855. The van der Waals surface area contributed by atoms with E-state index in [9.17, 15) is 18.8 Å². The predicted octanol–water partition coefficient (Wildman–Crippen LogP) is 22.0. The molecule has 4 fully saturated rings. The van der Waals surface area contributed by atoms with Crippen LogP contribution in [-0.4, -0.2) is 176 Å². The number of hydrogen-bond donors (Lipinski definition) is 2. The summed E-state index contributed by atoms with van der Waals surface area (Å²) in [7, 11) is 6.51. The van der Waals surface area contributed by atoms with Gasteiger partial charge in [0.15, 0.2) is 30.9 Å². The van der Waals surface area contributed by atoms with E-state index in [4.69, 9.17) is 60.6 Å². The summed E-state index contributed by atoms with van der Waals surface area (Å²) in [6.07, 6.45) is 14.3. The Morgan fingerprint density at radius 1 is 0.544 bits per heavy atom. The summed E-state index contributed by atoms with van der Waals surface area (Å²) in [6, 6.07) is 73.3. The van der Waals surface area contributed by atoms with Crippen molar-refractivity contribution < 1.29 is 57.5 Å². The number of likely N-dealkylation sites (tertiary alicyclic amines) is 4. The number of ether oxygens (including phenoxy) is 1. The summed E-state index contributed by atoms with van der Waals surface area (Å²) in [5.41, 5.74) is 20.8. The maximum absolute atomic E-state index is 13.7. The van der Waals surface area contributed by atoms with Crippen LogP contribution in [0.5, 0.6) is 0 Å². The van der Waals surface area contributed by atoms with Crippen molar-refractivity contribution in [3.63, 3.8) is 0 Å². The standard InChI is InChI=1S/C30H32FN3O.C17H26N2OSi.C17H30N2OSi.C16H13FN2.C13H17NO.C4H9NSi.CH4O.2ClH.2HI.2Zn/c31-26-12-10-25(11-13-26)29-27-9-5-4-8-23(27)16-19-34(29)30-32-20-28(35-30)24-14-17-33(18-15-24)21-22-6-2-1-3-7-22;1-18-17(20-21(2,3)4)16-10-12-19(13-11-16)14-15-8-6-5-7-9-15;1-21(2,3)20-17(13-18)16-9-11-19(12-10-16)14-15-7-5-4-6-8-15;17-14-7-5-13(6-8-14)16-15-4-2-1-3-12(15)9-10-19(16)11-18;15-11-13-6-8-14(9-7-13)10-12-4-2-1-3-5-12;1-6(2,3)4-5;1-2;;;;;;/h1-13,24,28-29H,14-21H2;5-9,16-17H,10-14H2,2-4H3;4-8,16-17H,9-14,18H2,1-3H3;1-8,16H,9-10H2;1-5,11,13H,6-10H2;1-3H3;2H,1H3;4*1H;;/q;;;;;;;;;;;2*+2/p-4/t28?,29-;;;16-;;;;;;;;;/m0..0........./s1. The van der Waals surface area contributed by atoms with Crippen LogP contribution in [0.3, 0.4) is 0 Å². The molecule has 3 unspecified atom stereocenters. The number of nitrogens with two attached hydrogens (primary N) is 1. The Labute approximate surface area is 794 Å². The van der Waals surface area contributed by atoms with Gasteiger partial charge in [0.25, 0.3) is 6.02 Å². The molecule has 3 N–H and O–H groups in total. The third-order valence-corrected chi connectivity index (χ3v) is 25.5. The number of rotatable bonds is 19. The van der Waals surface area contributed by atoms with Crippen LogP contribution in [0.15, 0.2) is 223 Å². The number of benzene rings is 8. The molecule has 7 aliphatic heterocycles. The molecule has 4 saturated heterocycles. The van der Waals surface area contributed by atoms with E-state index >= 15 is 0 Å². The first-order valence-electron chi connectivity index (χ1n) is 44.1. The zero-order chi connectivity index (χ0) is 90.6. The van der Waals surface area contributed by atoms with Crippen molar-refractivity contribution in [3.05, 3.63) is 297 Å². The molecule has 15 rings (SSSR count). The second-order valence-corrected chi connectivity index (χ2v) is 77.2. The Hall–Kier alpha value is -5.55. The van der Waals surface area contributed by atoms with Crippen molar-refractivity contribution in [3.8, 4) is 11.9 Å². The molecule has 0 bridgehead atoms. The van der Waals surface area contributed by atoms with Crippen LogP contribution < -0.4 is 5.73 Å². The number of aliphatic hydroxyl groups is 1. The van der Waals surface area contributed by atoms with Gasteiger partial charge < -0.3 is 34.1 Å². The molecule has 27 heteroatoms. The number of piperidine rings is 4. The van der Waals surface area contributed by atoms with Crippen LogP contribution in [0.25, 0.3) is 4.85 Å². The molecule has 666 valence electrons. The molecule has 8 aromatic carbocycles. The number of nitrogens with zero attached hydrogens (tertiary/aromatic N) is 10. The summed E-state index contributed by atoms with van der Waals surface area (Å²) >= 11 is 3.99. The van der Waals surface area contributed by atoms with Gasteiger partial charge in [-0.1, -0.05) is 214 Å². The van der Waals surface area contributed by atoms with E-state index in [-0.39, 0.29) is 52.3 Å². The van der Waals surface area contributed by atoms with Crippen molar-refractivity contribution >= 4 is 95.9 Å². The third-order valence-electron chi connectivity index (χ3n) is 22.8. The molecule has 0 aliphatic carbocycles. The van der Waals surface area contributed by atoms with E-state index in [1.54, 1.807) is 29.2 Å². The number of halogens is 6. The number of amidine groups is 1. The molecule has 0 saturated carbocycles. The summed E-state index contributed by atoms with van der Waals surface area (Å²) in [4.78, 5) is 33.3. The number of aldehydes is 1. The Morgan fingerprint density at radius 2 is 0.896 bits per heavy atom. The number of hydrogen-bond acceptors (Lipinski definition) is 15. The summed E-state index contributed by atoms with van der Waals surface area (Å²) < 4.78 is 45.6. The van der Waals surface area contributed by atoms with Gasteiger partial charge >= 0.3 is 90.4 Å². The van der Waals surface area contributed by atoms with Crippen molar-refractivity contribution in [1.82, 2.24) is 29.4 Å². The number of carbonyl (C=O) groups excluding carboxylic acids is 1. The number of fused-ring (bicyclic) bond motifs is 2. The number of carbonyl (C=O) groups is 1. The van der Waals surface area contributed by atoms with Crippen molar-refractivity contribution in [2.75, 3.05) is 85.6 Å². The Kier molecular flexibility index (Phi) is 49.1. The van der Waals surface area contributed by atoms with Crippen LogP contribution >= 0.6 is 58.9 Å². The van der Waals surface area contributed by atoms with Gasteiger partial charge in [-0.3, -0.25) is 29.3 Å². The zero-order valence-corrected chi connectivity index (χ0v) is 90.0. The Morgan fingerprint density at radius 3 is 1.26 bits per heavy atom. The SMILES string of the molecule is CO.C[Si](C)(C)C#N.C[Si](C)(C)OC(CN)C1CCN(Cc2ccccc2)CC1.Fc1ccc([C@H]2c3ccccc3CCN2C2=NCC(C3CCN(Cc4ccccc4)CC3)O2)cc1.N#CN1CCc2ccccc2[C@@H]1c1ccc(F)cc1.O=CC1CCN(Cc2ccccc2)CC1.[C-]#[N+]C(O[Si](C)(C)C)C1CCN(Cc2ccccc2)CC1.[Cl][Zn][Cl].[I][Zn][I]. The summed E-state index contributed by atoms with van der Waals surface area (Å²) in [6.45, 7) is 42.5. The van der Waals surface area contributed by atoms with Gasteiger partial charge in [0.1, 0.15) is 24.0 Å². The molecular weight excluding hydrogens is 1990 g/mol. The Bertz CT molecular complexity index is 4500. The van der Waals surface area contributed by atoms with Crippen LogP contribution in [0.4, 0.5) is 8.78 Å². The average Bonchev–Trinajstić information content (AvgIpc) is 1.76. The summed E-state index contributed by atoms with van der Waals surface area (Å²) in [5, 5.41) is 24.5. The summed E-state index contributed by atoms with van der Waals surface area (Å²) in [5.74, 6) is 1.41. The van der Waals surface area contributed by atoms with E-state index in [1.807, 2.05) is 56.0 Å². The molecule has 5 atom stereocenters. The molecular formula is C98H131Cl2F2I2N11O5Si3Zn2. The molecule has 0 radical (unpaired) electrons. The average molecular weight is 2120 g/mol. The fraction of sp³-hybridized carbons (Fsp3) is 0.459. The van der Waals surface area contributed by atoms with Crippen molar-refractivity contribution in [2.24, 2.45) is 34.4 Å². The van der Waals surface area contributed by atoms with Crippen LogP contribution in [0, 0.1) is 64.3 Å². The van der Waals surface area contributed by atoms with Crippen LogP contribution in [0.2, 0.25) is 58.9 Å². The van der Waals surface area contributed by atoms with Gasteiger partial charge in [-0.25, -0.2) is 25.6 Å². The molecule has 16 nitrogen and oxygen atoms in total. The Balaban J connectivity index is 0.000000212. The van der Waals surface area contributed by atoms with E-state index in [1.165, 1.54) is 63.9 Å². The van der Waals surface area contributed by atoms with E-state index in [2.05, 4.69) is 266 Å². The second kappa shape index (κ2) is 57.6. The van der Waals surface area contributed by atoms with Crippen molar-refractivity contribution in [2.45, 2.75) is 180 Å². The fourth-order valence-electron chi connectivity index (χ4n) is 16.6. The first kappa shape index (κ1) is 106. The van der Waals surface area contributed by atoms with E-state index in [0.29, 0.717) is 36.8 Å². The first-order chi connectivity index (χ1) is 60.3. The molecule has 8 aromatic rings. The first-order valence-corrected chi connectivity index (χ1v) is 80.3. The topological polar surface area (TPSA) is 175 Å². The zero-order valence-electron chi connectivity index (χ0n) is 75.3. The van der Waals surface area contributed by atoms with E-state index < -0.39 is 39.9 Å². The van der Waals surface area contributed by atoms with Gasteiger partial charge in [0, 0.05) is 70.5 Å². The number of nitriles is 2. The van der Waals surface area contributed by atoms with Crippen LogP contribution in [-0.2, 0) is 82.6 Å². The maximum atomic E-state index is 13.7. The quantitative estimate of drug-likeness (QED) is 0.0257. The number of aliphatic imine (C=N–C) groups is 1. The van der Waals surface area contributed by atoms with E-state index in [0.717, 1.165) is 179 Å². The molecule has 0 spiro atoms. The minimum atomic E-state index is -1.63. The van der Waals surface area contributed by atoms with Gasteiger partial charge in [-0.15, -0.1) is 0 Å². The van der Waals surface area contributed by atoms with Gasteiger partial charge in [-0.2, -0.15) is 5.26 Å². The molecule has 125 heavy (non-hydrogen) atoms. The normalized spacial score (nSPS) is 18.6. The monoisotopic (exact) mass is 2120 g/mol. The van der Waals surface area contributed by atoms with Gasteiger partial charge in [-0.05, 0) is 242 Å². The second-order valence-electron chi connectivity index (χ2n) is 35.4. The van der Waals surface area contributed by atoms with Crippen LogP contribution in [0.1, 0.15) is 119 Å². The molecule has 7 heterocycles. The van der Waals surface area contributed by atoms with Gasteiger partial charge in [0.05, 0.1) is 30.7 Å². The van der Waals surface area contributed by atoms with Crippen molar-refractivity contribution in [1.29, 1.82) is 10.5 Å². The molecule has 0 amide bonds. The fourth-order valence-corrected chi connectivity index (χ4v) is 18.8. The molecule has 7 aliphatic rings. The molecule has 0 aromatic heterocycles. The predicted molar refractivity (Wildman–Crippen MR) is 526 cm³/mol. The van der Waals surface area contributed by atoms with Gasteiger partial charge in [0.2, 0.25) is 0 Å². The third kappa shape index (κ3) is 38.4.